The van der Waals surface area contributed by atoms with Crippen molar-refractivity contribution in [3.05, 3.63) is 21.7 Å². The van der Waals surface area contributed by atoms with Crippen LogP contribution >= 0.6 is 15.9 Å². The molecular weight excluding hydrogens is 208 g/mol. The molecule has 0 atom stereocenters. The van der Waals surface area contributed by atoms with Gasteiger partial charge in [-0.1, -0.05) is 6.08 Å². The third-order valence-electron chi connectivity index (χ3n) is 1.54. The van der Waals surface area contributed by atoms with Gasteiger partial charge in [0.25, 0.3) is 0 Å². The van der Waals surface area contributed by atoms with Crippen molar-refractivity contribution in [2.75, 3.05) is 0 Å². The highest BCUT2D eigenvalue weighted by Gasteiger charge is 2.23. The summed E-state index contributed by atoms with van der Waals surface area (Å²) in [6.07, 6.45) is 1.70. The third-order valence-corrected chi connectivity index (χ3v) is 2.53. The molecule has 0 aromatic heterocycles. The average molecular weight is 215 g/mol. The summed E-state index contributed by atoms with van der Waals surface area (Å²) in [7, 11) is 0. The van der Waals surface area contributed by atoms with Crippen LogP contribution in [0.1, 0.15) is 13.8 Å². The van der Waals surface area contributed by atoms with Crippen molar-refractivity contribution >= 4 is 27.5 Å². The molecule has 0 spiro atoms. The number of carbonyl (C=O) groups is 2. The summed E-state index contributed by atoms with van der Waals surface area (Å²) in [4.78, 5) is 22.0. The van der Waals surface area contributed by atoms with Crippen LogP contribution in [-0.2, 0) is 9.59 Å². The van der Waals surface area contributed by atoms with E-state index in [9.17, 15) is 9.59 Å². The Kier molecular flexibility index (Phi) is 2.09. The highest BCUT2D eigenvalue weighted by molar-refractivity contribution is 9.12. The lowest BCUT2D eigenvalue weighted by atomic mass is 9.99. The first-order valence-corrected chi connectivity index (χ1v) is 3.97. The second kappa shape index (κ2) is 2.74. The lowest BCUT2D eigenvalue weighted by molar-refractivity contribution is -0.131. The Bertz CT molecular complexity index is 293. The number of hydrogen-bond acceptors (Lipinski definition) is 2. The number of Topliss-reactive ketones (excluding diaryl/α,β-unsaturated/α-hetero) is 2. The monoisotopic (exact) mass is 214 g/mol. The standard InChI is InChI=1S/C8H7BrO2/c1-4-3-5(2)7(10)8(11)6(4)9/h3H,1-2H3. The van der Waals surface area contributed by atoms with Gasteiger partial charge in [0, 0.05) is 5.57 Å². The average Bonchev–Trinajstić information content (AvgIpc) is 1.97. The summed E-state index contributed by atoms with van der Waals surface area (Å²) in [5, 5.41) is 0. The van der Waals surface area contributed by atoms with Gasteiger partial charge in [0.15, 0.2) is 0 Å². The van der Waals surface area contributed by atoms with Crippen LogP contribution in [0.15, 0.2) is 21.7 Å². The number of allylic oxidation sites excluding steroid dienone is 4. The van der Waals surface area contributed by atoms with E-state index in [1.807, 2.05) is 0 Å². The zero-order valence-electron chi connectivity index (χ0n) is 6.27. The molecule has 0 fully saturated rings. The summed E-state index contributed by atoms with van der Waals surface area (Å²) in [5.74, 6) is -0.857. The zero-order chi connectivity index (χ0) is 8.59. The lowest BCUT2D eigenvalue weighted by Crippen LogP contribution is -2.18. The molecule has 0 aromatic carbocycles. The van der Waals surface area contributed by atoms with Gasteiger partial charge in [-0.15, -0.1) is 0 Å². The van der Waals surface area contributed by atoms with Gasteiger partial charge in [-0.05, 0) is 35.4 Å². The maximum Gasteiger partial charge on any atom is 0.240 e. The number of halogens is 1. The molecule has 2 nitrogen and oxygen atoms in total. The SMILES string of the molecule is CC1=CC(C)=C(Br)C(=O)C1=O. The molecule has 58 valence electrons. The molecule has 1 aliphatic carbocycles. The van der Waals surface area contributed by atoms with Crippen molar-refractivity contribution < 1.29 is 9.59 Å². The first-order chi connectivity index (χ1) is 5.04. The molecule has 0 N–H and O–H groups in total. The molecule has 11 heavy (non-hydrogen) atoms. The molecule has 1 aliphatic rings. The molecule has 0 aliphatic heterocycles. The second-order valence-electron chi connectivity index (χ2n) is 2.48. The lowest BCUT2D eigenvalue weighted by Gasteiger charge is -2.07. The largest absolute Gasteiger partial charge is 0.285 e. The van der Waals surface area contributed by atoms with Crippen LogP contribution in [0.5, 0.6) is 0 Å². The predicted octanol–water partition coefficient (Wildman–Crippen LogP) is 1.75. The Balaban J connectivity index is 3.22. The fraction of sp³-hybridized carbons (Fsp3) is 0.250. The number of rotatable bonds is 0. The van der Waals surface area contributed by atoms with Crippen molar-refractivity contribution in [2.45, 2.75) is 13.8 Å². The summed E-state index contributed by atoms with van der Waals surface area (Å²) < 4.78 is 0.383. The Morgan fingerprint density at radius 2 is 1.73 bits per heavy atom. The zero-order valence-corrected chi connectivity index (χ0v) is 7.86. The molecule has 0 unspecified atom stereocenters. The van der Waals surface area contributed by atoms with Crippen LogP contribution in [0.25, 0.3) is 0 Å². The van der Waals surface area contributed by atoms with E-state index in [1.54, 1.807) is 19.9 Å². The molecular formula is C8H7BrO2. The van der Waals surface area contributed by atoms with Crippen LogP contribution in [0.2, 0.25) is 0 Å². The Morgan fingerprint density at radius 1 is 1.18 bits per heavy atom. The van der Waals surface area contributed by atoms with E-state index < -0.39 is 11.6 Å². The first kappa shape index (κ1) is 8.40. The molecule has 3 heteroatoms. The maximum atomic E-state index is 11.1. The van der Waals surface area contributed by atoms with Crippen LogP contribution < -0.4 is 0 Å². The van der Waals surface area contributed by atoms with Crippen LogP contribution in [0.4, 0.5) is 0 Å². The summed E-state index contributed by atoms with van der Waals surface area (Å²) >= 11 is 3.05. The molecule has 1 rings (SSSR count). The summed E-state index contributed by atoms with van der Waals surface area (Å²) in [6, 6.07) is 0. The molecule has 0 heterocycles. The van der Waals surface area contributed by atoms with E-state index >= 15 is 0 Å². The van der Waals surface area contributed by atoms with E-state index in [2.05, 4.69) is 15.9 Å². The normalized spacial score (nSPS) is 19.0. The maximum absolute atomic E-state index is 11.1. The van der Waals surface area contributed by atoms with Gasteiger partial charge in [0.05, 0.1) is 4.48 Å². The first-order valence-electron chi connectivity index (χ1n) is 3.17. The van der Waals surface area contributed by atoms with Crippen molar-refractivity contribution in [1.29, 1.82) is 0 Å². The minimum absolute atomic E-state index is 0.383. The highest BCUT2D eigenvalue weighted by atomic mass is 79.9. The molecule has 0 saturated carbocycles. The summed E-state index contributed by atoms with van der Waals surface area (Å²) in [6.45, 7) is 3.43. The molecule has 0 aromatic rings. The van der Waals surface area contributed by atoms with E-state index in [1.165, 1.54) is 0 Å². The summed E-state index contributed by atoms with van der Waals surface area (Å²) in [5.41, 5.74) is 1.32. The van der Waals surface area contributed by atoms with Crippen LogP contribution in [-0.4, -0.2) is 11.6 Å². The third kappa shape index (κ3) is 1.33. The highest BCUT2D eigenvalue weighted by Crippen LogP contribution is 2.22. The Labute approximate surface area is 73.1 Å². The van der Waals surface area contributed by atoms with Gasteiger partial charge in [0.1, 0.15) is 0 Å². The van der Waals surface area contributed by atoms with Gasteiger partial charge in [-0.3, -0.25) is 9.59 Å². The van der Waals surface area contributed by atoms with Crippen LogP contribution in [0, 0.1) is 0 Å². The van der Waals surface area contributed by atoms with Crippen molar-refractivity contribution in [2.24, 2.45) is 0 Å². The van der Waals surface area contributed by atoms with Crippen LogP contribution in [0.3, 0.4) is 0 Å². The fourth-order valence-electron chi connectivity index (χ4n) is 0.912. The topological polar surface area (TPSA) is 34.1 Å². The molecule has 0 bridgehead atoms. The van der Waals surface area contributed by atoms with Gasteiger partial charge < -0.3 is 0 Å². The van der Waals surface area contributed by atoms with Crippen molar-refractivity contribution in [1.82, 2.24) is 0 Å². The van der Waals surface area contributed by atoms with E-state index in [0.717, 1.165) is 5.57 Å². The van der Waals surface area contributed by atoms with Gasteiger partial charge in [-0.2, -0.15) is 0 Å². The Hall–Kier alpha value is -0.700. The van der Waals surface area contributed by atoms with E-state index in [4.69, 9.17) is 0 Å². The van der Waals surface area contributed by atoms with E-state index in [-0.39, 0.29) is 0 Å². The predicted molar refractivity (Wildman–Crippen MR) is 45.4 cm³/mol. The number of ketones is 2. The Morgan fingerprint density at radius 3 is 2.27 bits per heavy atom. The number of hydrogen-bond donors (Lipinski definition) is 0. The number of carbonyl (C=O) groups excluding carboxylic acids is 2. The smallest absolute Gasteiger partial charge is 0.240 e. The van der Waals surface area contributed by atoms with Gasteiger partial charge in [0.2, 0.25) is 11.6 Å². The quantitative estimate of drug-likeness (QED) is 0.455. The van der Waals surface area contributed by atoms with Crippen molar-refractivity contribution in [3.63, 3.8) is 0 Å². The van der Waals surface area contributed by atoms with E-state index in [0.29, 0.717) is 10.1 Å². The molecule has 0 amide bonds. The minimum Gasteiger partial charge on any atom is -0.285 e. The molecule has 0 saturated heterocycles. The minimum atomic E-state index is -0.442. The van der Waals surface area contributed by atoms with Gasteiger partial charge >= 0.3 is 0 Å². The fourth-order valence-corrected chi connectivity index (χ4v) is 1.21. The molecule has 0 radical (unpaired) electrons. The second-order valence-corrected chi connectivity index (χ2v) is 3.28. The van der Waals surface area contributed by atoms with Crippen molar-refractivity contribution in [3.8, 4) is 0 Å². The van der Waals surface area contributed by atoms with Gasteiger partial charge in [-0.25, -0.2) is 0 Å².